The Labute approximate surface area is 106 Å². The predicted molar refractivity (Wildman–Crippen MR) is 70.5 cm³/mol. The van der Waals surface area contributed by atoms with Crippen LogP contribution in [0.2, 0.25) is 0 Å². The monoisotopic (exact) mass is 244 g/mol. The number of fused-ring (bicyclic) bond motifs is 1. The average molecular weight is 244 g/mol. The van der Waals surface area contributed by atoms with Crippen LogP contribution in [-0.2, 0) is 4.74 Å². The topological polar surface area (TPSA) is 65.2 Å². The number of rotatable bonds is 5. The minimum atomic E-state index is -0.515. The molecular weight excluding hydrogens is 228 g/mol. The van der Waals surface area contributed by atoms with Crippen LogP contribution in [0.5, 0.6) is 0 Å². The van der Waals surface area contributed by atoms with Crippen molar-refractivity contribution in [1.82, 2.24) is 4.98 Å². The van der Waals surface area contributed by atoms with E-state index in [1.54, 1.807) is 19.4 Å². The molecule has 2 rings (SSSR count). The van der Waals surface area contributed by atoms with E-state index in [4.69, 9.17) is 10.5 Å². The molecule has 0 amide bonds. The molecule has 1 atom stereocenters. The van der Waals surface area contributed by atoms with E-state index in [1.807, 2.05) is 24.3 Å². The maximum absolute atomic E-state index is 12.1. The molecule has 2 aromatic rings. The lowest BCUT2D eigenvalue weighted by molar-refractivity contribution is 0.0935. The van der Waals surface area contributed by atoms with Gasteiger partial charge in [0.1, 0.15) is 0 Å². The van der Waals surface area contributed by atoms with Crippen molar-refractivity contribution >= 4 is 16.7 Å². The van der Waals surface area contributed by atoms with E-state index in [9.17, 15) is 4.79 Å². The van der Waals surface area contributed by atoms with Crippen molar-refractivity contribution in [2.24, 2.45) is 5.73 Å². The van der Waals surface area contributed by atoms with Crippen LogP contribution >= 0.6 is 0 Å². The lowest BCUT2D eigenvalue weighted by atomic mass is 10.0. The highest BCUT2D eigenvalue weighted by Crippen LogP contribution is 2.15. The molecule has 0 aliphatic carbocycles. The lowest BCUT2D eigenvalue weighted by Crippen LogP contribution is -2.31. The number of methoxy groups -OCH3 is 1. The number of hydrogen-bond acceptors (Lipinski definition) is 4. The molecule has 1 aromatic carbocycles. The lowest BCUT2D eigenvalue weighted by Gasteiger charge is -2.10. The van der Waals surface area contributed by atoms with Crippen molar-refractivity contribution < 1.29 is 9.53 Å². The minimum absolute atomic E-state index is 0.0576. The predicted octanol–water partition coefficient (Wildman–Crippen LogP) is 1.78. The fourth-order valence-electron chi connectivity index (χ4n) is 1.82. The molecular formula is C14H16N2O2. The van der Waals surface area contributed by atoms with E-state index in [1.165, 1.54) is 0 Å². The van der Waals surface area contributed by atoms with Crippen LogP contribution in [0.15, 0.2) is 36.5 Å². The van der Waals surface area contributed by atoms with Gasteiger partial charge in [0.15, 0.2) is 5.78 Å². The summed E-state index contributed by atoms with van der Waals surface area (Å²) >= 11 is 0. The quantitative estimate of drug-likeness (QED) is 0.814. The Hall–Kier alpha value is -1.78. The van der Waals surface area contributed by atoms with Crippen LogP contribution in [0.4, 0.5) is 0 Å². The SMILES string of the molecule is COCCC(N)C(=O)c1ccc2ncccc2c1. The van der Waals surface area contributed by atoms with E-state index in [2.05, 4.69) is 4.98 Å². The Kier molecular flexibility index (Phi) is 4.02. The second-order valence-electron chi connectivity index (χ2n) is 4.16. The number of carbonyl (C=O) groups excluding carboxylic acids is 1. The average Bonchev–Trinajstić information content (AvgIpc) is 2.43. The van der Waals surface area contributed by atoms with Gasteiger partial charge in [-0.1, -0.05) is 6.07 Å². The molecule has 94 valence electrons. The van der Waals surface area contributed by atoms with E-state index in [-0.39, 0.29) is 5.78 Å². The summed E-state index contributed by atoms with van der Waals surface area (Å²) in [6.45, 7) is 0.488. The molecule has 4 heteroatoms. The number of nitrogens with zero attached hydrogens (tertiary/aromatic N) is 1. The van der Waals surface area contributed by atoms with Gasteiger partial charge in [-0.25, -0.2) is 0 Å². The van der Waals surface area contributed by atoms with Crippen molar-refractivity contribution in [2.75, 3.05) is 13.7 Å². The number of aromatic nitrogens is 1. The van der Waals surface area contributed by atoms with Gasteiger partial charge in [-0.15, -0.1) is 0 Å². The zero-order valence-corrected chi connectivity index (χ0v) is 10.3. The summed E-state index contributed by atoms with van der Waals surface area (Å²) in [6, 6.07) is 8.70. The molecule has 0 aliphatic rings. The van der Waals surface area contributed by atoms with Crippen LogP contribution in [0.1, 0.15) is 16.8 Å². The number of carbonyl (C=O) groups is 1. The van der Waals surface area contributed by atoms with Crippen LogP contribution in [0.25, 0.3) is 10.9 Å². The van der Waals surface area contributed by atoms with Gasteiger partial charge in [0.05, 0.1) is 11.6 Å². The second kappa shape index (κ2) is 5.71. The Morgan fingerprint density at radius 1 is 1.44 bits per heavy atom. The molecule has 4 nitrogen and oxygen atoms in total. The number of Topliss-reactive ketones (excluding diaryl/α,β-unsaturated/α-hetero) is 1. The summed E-state index contributed by atoms with van der Waals surface area (Å²) in [4.78, 5) is 16.3. The first-order valence-electron chi connectivity index (χ1n) is 5.86. The number of hydrogen-bond donors (Lipinski definition) is 1. The normalized spacial score (nSPS) is 12.6. The molecule has 18 heavy (non-hydrogen) atoms. The third-order valence-corrected chi connectivity index (χ3v) is 2.86. The highest BCUT2D eigenvalue weighted by Gasteiger charge is 2.15. The molecule has 0 saturated carbocycles. The Morgan fingerprint density at radius 3 is 3.06 bits per heavy atom. The molecule has 0 radical (unpaired) electrons. The van der Waals surface area contributed by atoms with E-state index in [0.717, 1.165) is 10.9 Å². The van der Waals surface area contributed by atoms with E-state index in [0.29, 0.717) is 18.6 Å². The van der Waals surface area contributed by atoms with E-state index < -0.39 is 6.04 Å². The van der Waals surface area contributed by atoms with Crippen molar-refractivity contribution in [3.8, 4) is 0 Å². The first-order valence-corrected chi connectivity index (χ1v) is 5.86. The fraction of sp³-hybridized carbons (Fsp3) is 0.286. The minimum Gasteiger partial charge on any atom is -0.385 e. The van der Waals surface area contributed by atoms with Gasteiger partial charge in [0, 0.05) is 30.9 Å². The van der Waals surface area contributed by atoms with Crippen LogP contribution in [0.3, 0.4) is 0 Å². The molecule has 0 aliphatic heterocycles. The summed E-state index contributed by atoms with van der Waals surface area (Å²) in [5.41, 5.74) is 7.33. The van der Waals surface area contributed by atoms with Crippen molar-refractivity contribution in [3.63, 3.8) is 0 Å². The highest BCUT2D eigenvalue weighted by atomic mass is 16.5. The van der Waals surface area contributed by atoms with Gasteiger partial charge in [-0.2, -0.15) is 0 Å². The van der Waals surface area contributed by atoms with Crippen molar-refractivity contribution in [1.29, 1.82) is 0 Å². The molecule has 0 spiro atoms. The molecule has 0 fully saturated rings. The molecule has 2 N–H and O–H groups in total. The molecule has 1 aromatic heterocycles. The summed E-state index contributed by atoms with van der Waals surface area (Å²) < 4.78 is 4.93. The summed E-state index contributed by atoms with van der Waals surface area (Å²) in [7, 11) is 1.60. The maximum Gasteiger partial charge on any atom is 0.179 e. The third-order valence-electron chi connectivity index (χ3n) is 2.86. The molecule has 0 saturated heterocycles. The number of nitrogens with two attached hydrogens (primary N) is 1. The summed E-state index contributed by atoms with van der Waals surface area (Å²) in [6.07, 6.45) is 2.26. The van der Waals surface area contributed by atoms with Gasteiger partial charge in [-0.3, -0.25) is 9.78 Å². The van der Waals surface area contributed by atoms with Crippen molar-refractivity contribution in [3.05, 3.63) is 42.1 Å². The molecule has 1 unspecified atom stereocenters. The summed E-state index contributed by atoms with van der Waals surface area (Å²) in [5.74, 6) is -0.0576. The van der Waals surface area contributed by atoms with E-state index >= 15 is 0 Å². The maximum atomic E-state index is 12.1. The number of ether oxygens (including phenoxy) is 1. The number of ketones is 1. The molecule has 0 bridgehead atoms. The largest absolute Gasteiger partial charge is 0.385 e. The first-order chi connectivity index (χ1) is 8.72. The summed E-state index contributed by atoms with van der Waals surface area (Å²) in [5, 5.41) is 0.947. The van der Waals surface area contributed by atoms with Gasteiger partial charge in [-0.05, 0) is 30.7 Å². The number of benzene rings is 1. The first kappa shape index (κ1) is 12.7. The zero-order valence-electron chi connectivity index (χ0n) is 10.3. The number of pyridine rings is 1. The Bertz CT molecular complexity index is 554. The van der Waals surface area contributed by atoms with Crippen LogP contribution in [0, 0.1) is 0 Å². The third kappa shape index (κ3) is 2.72. The fourth-order valence-corrected chi connectivity index (χ4v) is 1.82. The van der Waals surface area contributed by atoms with Crippen LogP contribution in [-0.4, -0.2) is 30.5 Å². The van der Waals surface area contributed by atoms with Gasteiger partial charge < -0.3 is 10.5 Å². The molecule has 1 heterocycles. The van der Waals surface area contributed by atoms with Gasteiger partial charge >= 0.3 is 0 Å². The van der Waals surface area contributed by atoms with Gasteiger partial charge in [0.25, 0.3) is 0 Å². The standard InChI is InChI=1S/C14H16N2O2/c1-18-8-6-12(15)14(17)11-4-5-13-10(9-11)3-2-7-16-13/h2-5,7,9,12H,6,8,15H2,1H3. The second-order valence-corrected chi connectivity index (χ2v) is 4.16. The zero-order chi connectivity index (χ0) is 13.0. The Balaban J connectivity index is 2.22. The van der Waals surface area contributed by atoms with Crippen LogP contribution < -0.4 is 5.73 Å². The Morgan fingerprint density at radius 2 is 2.28 bits per heavy atom. The highest BCUT2D eigenvalue weighted by molar-refractivity contribution is 6.02. The van der Waals surface area contributed by atoms with Gasteiger partial charge in [0.2, 0.25) is 0 Å². The smallest absolute Gasteiger partial charge is 0.179 e. The van der Waals surface area contributed by atoms with Crippen molar-refractivity contribution in [2.45, 2.75) is 12.5 Å².